The van der Waals surface area contributed by atoms with Crippen molar-refractivity contribution in [2.45, 2.75) is 19.3 Å². The highest BCUT2D eigenvalue weighted by Gasteiger charge is 2.28. The van der Waals surface area contributed by atoms with Crippen LogP contribution in [0.3, 0.4) is 0 Å². The Labute approximate surface area is 73.0 Å². The van der Waals surface area contributed by atoms with Crippen molar-refractivity contribution >= 4 is 0 Å². The van der Waals surface area contributed by atoms with E-state index in [0.717, 1.165) is 19.3 Å². The Balaban J connectivity index is 2.41. The van der Waals surface area contributed by atoms with Gasteiger partial charge >= 0.3 is 0 Å². The van der Waals surface area contributed by atoms with Crippen LogP contribution in [-0.2, 0) is 0 Å². The van der Waals surface area contributed by atoms with Crippen LogP contribution in [0.15, 0.2) is 0 Å². The van der Waals surface area contributed by atoms with E-state index in [9.17, 15) is 0 Å². The van der Waals surface area contributed by atoms with Gasteiger partial charge in [0.15, 0.2) is 0 Å². The Morgan fingerprint density at radius 3 is 2.00 bits per heavy atom. The molecule has 72 valence electrons. The maximum Gasteiger partial charge on any atom is 0.0462 e. The van der Waals surface area contributed by atoms with Crippen LogP contribution < -0.4 is 0 Å². The molecule has 0 spiro atoms. The molecule has 1 fully saturated rings. The Morgan fingerprint density at radius 2 is 1.50 bits per heavy atom. The molecule has 0 aromatic heterocycles. The molecule has 0 amide bonds. The number of aliphatic hydroxyl groups excluding tert-OH is 3. The van der Waals surface area contributed by atoms with Crippen molar-refractivity contribution in [3.63, 3.8) is 0 Å². The van der Waals surface area contributed by atoms with E-state index in [1.165, 1.54) is 0 Å². The SMILES string of the molecule is OCC1CCC(CO)C(CO)C1. The molecule has 0 aromatic rings. The number of hydrogen-bond acceptors (Lipinski definition) is 3. The first-order valence-corrected chi connectivity index (χ1v) is 4.64. The zero-order chi connectivity index (χ0) is 8.97. The van der Waals surface area contributed by atoms with Gasteiger partial charge in [-0.15, -0.1) is 0 Å². The van der Waals surface area contributed by atoms with Crippen LogP contribution in [0.5, 0.6) is 0 Å². The number of aliphatic hydroxyl groups is 3. The van der Waals surface area contributed by atoms with Crippen molar-refractivity contribution in [1.82, 2.24) is 0 Å². The first-order chi connectivity index (χ1) is 5.81. The zero-order valence-corrected chi connectivity index (χ0v) is 7.32. The summed E-state index contributed by atoms with van der Waals surface area (Å²) in [7, 11) is 0. The van der Waals surface area contributed by atoms with Crippen LogP contribution in [0.4, 0.5) is 0 Å². The maximum absolute atomic E-state index is 9.01. The molecule has 0 aromatic carbocycles. The second-order valence-electron chi connectivity index (χ2n) is 3.75. The Hall–Kier alpha value is -0.120. The third kappa shape index (κ3) is 2.19. The molecular weight excluding hydrogens is 156 g/mol. The van der Waals surface area contributed by atoms with Gasteiger partial charge in [0.05, 0.1) is 0 Å². The lowest BCUT2D eigenvalue weighted by Gasteiger charge is -2.33. The number of hydrogen-bond donors (Lipinski definition) is 3. The van der Waals surface area contributed by atoms with Gasteiger partial charge < -0.3 is 15.3 Å². The molecule has 12 heavy (non-hydrogen) atoms. The average molecular weight is 174 g/mol. The average Bonchev–Trinajstić information content (AvgIpc) is 2.16. The van der Waals surface area contributed by atoms with Gasteiger partial charge in [0.2, 0.25) is 0 Å². The van der Waals surface area contributed by atoms with Gasteiger partial charge in [-0.3, -0.25) is 0 Å². The monoisotopic (exact) mass is 174 g/mol. The summed E-state index contributed by atoms with van der Waals surface area (Å²) in [6.45, 7) is 0.528. The minimum absolute atomic E-state index is 0.141. The minimum Gasteiger partial charge on any atom is -0.396 e. The van der Waals surface area contributed by atoms with E-state index in [4.69, 9.17) is 15.3 Å². The second-order valence-corrected chi connectivity index (χ2v) is 3.75. The van der Waals surface area contributed by atoms with E-state index >= 15 is 0 Å². The molecule has 3 nitrogen and oxygen atoms in total. The second kappa shape index (κ2) is 4.80. The molecule has 3 unspecified atom stereocenters. The Bertz CT molecular complexity index is 127. The standard InChI is InChI=1S/C9H18O3/c10-4-7-1-2-8(5-11)9(3-7)6-12/h7-12H,1-6H2. The molecule has 1 rings (SSSR count). The molecule has 3 atom stereocenters. The van der Waals surface area contributed by atoms with Crippen LogP contribution in [0.1, 0.15) is 19.3 Å². The smallest absolute Gasteiger partial charge is 0.0462 e. The molecule has 0 heterocycles. The molecule has 3 heteroatoms. The van der Waals surface area contributed by atoms with Gasteiger partial charge in [-0.1, -0.05) is 0 Å². The highest BCUT2D eigenvalue weighted by Crippen LogP contribution is 2.32. The number of rotatable bonds is 3. The predicted molar refractivity (Wildman–Crippen MR) is 45.6 cm³/mol. The summed E-state index contributed by atoms with van der Waals surface area (Å²) in [5, 5.41) is 26.9. The molecule has 3 N–H and O–H groups in total. The van der Waals surface area contributed by atoms with E-state index in [1.54, 1.807) is 0 Å². The Morgan fingerprint density at radius 1 is 0.833 bits per heavy atom. The molecule has 1 saturated carbocycles. The van der Waals surface area contributed by atoms with Crippen molar-refractivity contribution < 1.29 is 15.3 Å². The van der Waals surface area contributed by atoms with E-state index in [2.05, 4.69) is 0 Å². The maximum atomic E-state index is 9.01. The first-order valence-electron chi connectivity index (χ1n) is 4.64. The Kier molecular flexibility index (Phi) is 3.98. The molecule has 1 aliphatic rings. The lowest BCUT2D eigenvalue weighted by molar-refractivity contribution is 0.0478. The third-order valence-electron chi connectivity index (χ3n) is 2.98. The summed E-state index contributed by atoms with van der Waals surface area (Å²) in [4.78, 5) is 0. The lowest BCUT2D eigenvalue weighted by Crippen LogP contribution is -2.31. The summed E-state index contributed by atoms with van der Waals surface area (Å²) in [5.41, 5.74) is 0. The van der Waals surface area contributed by atoms with Crippen LogP contribution in [-0.4, -0.2) is 35.1 Å². The van der Waals surface area contributed by atoms with E-state index in [1.807, 2.05) is 0 Å². The zero-order valence-electron chi connectivity index (χ0n) is 7.32. The predicted octanol–water partition coefficient (Wildman–Crippen LogP) is -0.00420. The molecule has 0 saturated heterocycles. The van der Waals surface area contributed by atoms with Crippen molar-refractivity contribution in [2.75, 3.05) is 19.8 Å². The highest BCUT2D eigenvalue weighted by atomic mass is 16.3. The summed E-state index contributed by atoms with van der Waals surface area (Å²) in [6, 6.07) is 0. The highest BCUT2D eigenvalue weighted by molar-refractivity contribution is 4.78. The molecular formula is C9H18O3. The van der Waals surface area contributed by atoms with Gasteiger partial charge in [0.25, 0.3) is 0 Å². The summed E-state index contributed by atoms with van der Waals surface area (Å²) in [6.07, 6.45) is 2.78. The summed E-state index contributed by atoms with van der Waals surface area (Å²) >= 11 is 0. The van der Waals surface area contributed by atoms with Gasteiger partial charge in [-0.2, -0.15) is 0 Å². The van der Waals surface area contributed by atoms with Gasteiger partial charge in [0.1, 0.15) is 0 Å². The van der Waals surface area contributed by atoms with Crippen LogP contribution in [0.2, 0.25) is 0 Å². The van der Waals surface area contributed by atoms with Crippen LogP contribution in [0, 0.1) is 17.8 Å². The lowest BCUT2D eigenvalue weighted by atomic mass is 9.75. The fourth-order valence-corrected chi connectivity index (χ4v) is 2.05. The molecule has 0 bridgehead atoms. The van der Waals surface area contributed by atoms with E-state index in [0.29, 0.717) is 5.92 Å². The molecule has 0 aliphatic heterocycles. The van der Waals surface area contributed by atoms with Crippen molar-refractivity contribution in [2.24, 2.45) is 17.8 Å². The van der Waals surface area contributed by atoms with Gasteiger partial charge in [-0.25, -0.2) is 0 Å². The fraction of sp³-hybridized carbons (Fsp3) is 1.00. The van der Waals surface area contributed by atoms with Crippen molar-refractivity contribution in [3.8, 4) is 0 Å². The molecule has 1 aliphatic carbocycles. The quantitative estimate of drug-likeness (QED) is 0.564. The van der Waals surface area contributed by atoms with Crippen LogP contribution in [0.25, 0.3) is 0 Å². The van der Waals surface area contributed by atoms with Crippen molar-refractivity contribution in [3.05, 3.63) is 0 Å². The minimum atomic E-state index is 0.141. The topological polar surface area (TPSA) is 60.7 Å². The largest absolute Gasteiger partial charge is 0.396 e. The first kappa shape index (κ1) is 9.96. The van der Waals surface area contributed by atoms with Gasteiger partial charge in [0, 0.05) is 19.8 Å². The third-order valence-corrected chi connectivity index (χ3v) is 2.98. The van der Waals surface area contributed by atoms with Crippen molar-refractivity contribution in [1.29, 1.82) is 0 Å². The molecule has 0 radical (unpaired) electrons. The van der Waals surface area contributed by atoms with Gasteiger partial charge in [-0.05, 0) is 37.0 Å². The van der Waals surface area contributed by atoms with E-state index in [-0.39, 0.29) is 31.7 Å². The van der Waals surface area contributed by atoms with Crippen LogP contribution >= 0.6 is 0 Å². The normalized spacial score (nSPS) is 36.8. The van der Waals surface area contributed by atoms with E-state index < -0.39 is 0 Å². The summed E-state index contributed by atoms with van der Waals surface area (Å²) in [5.74, 6) is 0.781. The summed E-state index contributed by atoms with van der Waals surface area (Å²) < 4.78 is 0. The fourth-order valence-electron chi connectivity index (χ4n) is 2.05.